The number of rotatable bonds is 3. The lowest BCUT2D eigenvalue weighted by atomic mass is 10.1. The molecule has 2 aromatic carbocycles. The van der Waals surface area contributed by atoms with Crippen LogP contribution in [0.25, 0.3) is 0 Å². The molecule has 106 valence electrons. The zero-order valence-electron chi connectivity index (χ0n) is 10.5. The second kappa shape index (κ2) is 5.77. The maximum absolute atomic E-state index is 13.2. The van der Waals surface area contributed by atoms with Crippen LogP contribution in [0.15, 0.2) is 30.3 Å². The molecule has 0 bridgehead atoms. The lowest BCUT2D eigenvalue weighted by Crippen LogP contribution is -2.07. The molecule has 1 unspecified atom stereocenters. The zero-order valence-corrected chi connectivity index (χ0v) is 12.0. The highest BCUT2D eigenvalue weighted by molar-refractivity contribution is 6.37. The summed E-state index contributed by atoms with van der Waals surface area (Å²) in [4.78, 5) is 0. The molecule has 0 heterocycles. The lowest BCUT2D eigenvalue weighted by molar-refractivity contribution is 0.462. The predicted molar refractivity (Wildman–Crippen MR) is 78.2 cm³/mol. The van der Waals surface area contributed by atoms with Gasteiger partial charge in [0.2, 0.25) is 0 Å². The van der Waals surface area contributed by atoms with Crippen LogP contribution < -0.4 is 5.32 Å². The first-order chi connectivity index (χ1) is 9.38. The van der Waals surface area contributed by atoms with E-state index in [2.05, 4.69) is 5.32 Å². The van der Waals surface area contributed by atoms with Gasteiger partial charge in [-0.25, -0.2) is 4.39 Å². The predicted octanol–water partition coefficient (Wildman–Crippen LogP) is 4.72. The molecule has 0 saturated heterocycles. The minimum Gasteiger partial charge on any atom is -0.508 e. The van der Waals surface area contributed by atoms with E-state index in [1.54, 1.807) is 6.92 Å². The monoisotopic (exact) mass is 315 g/mol. The summed E-state index contributed by atoms with van der Waals surface area (Å²) in [6.07, 6.45) is 0. The van der Waals surface area contributed by atoms with Crippen LogP contribution in [-0.4, -0.2) is 10.2 Å². The molecule has 0 aliphatic carbocycles. The number of phenols is 2. The van der Waals surface area contributed by atoms with Crippen molar-refractivity contribution < 1.29 is 14.6 Å². The summed E-state index contributed by atoms with van der Waals surface area (Å²) in [6, 6.07) is 6.34. The second-order valence-corrected chi connectivity index (χ2v) is 5.17. The number of benzene rings is 2. The van der Waals surface area contributed by atoms with Crippen molar-refractivity contribution in [3.05, 3.63) is 51.8 Å². The van der Waals surface area contributed by atoms with Gasteiger partial charge in [-0.2, -0.15) is 0 Å². The van der Waals surface area contributed by atoms with Crippen LogP contribution in [-0.2, 0) is 0 Å². The Morgan fingerprint density at radius 2 is 1.70 bits per heavy atom. The van der Waals surface area contributed by atoms with Crippen molar-refractivity contribution in [3.63, 3.8) is 0 Å². The molecular formula is C14H12Cl2FNO2. The van der Waals surface area contributed by atoms with Crippen LogP contribution in [0.1, 0.15) is 18.5 Å². The van der Waals surface area contributed by atoms with Crippen molar-refractivity contribution in [1.29, 1.82) is 0 Å². The number of halogens is 3. The molecule has 1 atom stereocenters. The molecule has 20 heavy (non-hydrogen) atoms. The van der Waals surface area contributed by atoms with E-state index in [9.17, 15) is 14.6 Å². The van der Waals surface area contributed by atoms with E-state index in [4.69, 9.17) is 23.2 Å². The van der Waals surface area contributed by atoms with Crippen molar-refractivity contribution in [2.45, 2.75) is 13.0 Å². The van der Waals surface area contributed by atoms with Crippen molar-refractivity contribution in [1.82, 2.24) is 0 Å². The van der Waals surface area contributed by atoms with Crippen molar-refractivity contribution >= 4 is 28.9 Å². The normalized spacial score (nSPS) is 12.2. The van der Waals surface area contributed by atoms with Crippen molar-refractivity contribution in [2.24, 2.45) is 0 Å². The van der Waals surface area contributed by atoms with E-state index in [0.29, 0.717) is 11.3 Å². The third-order valence-electron chi connectivity index (χ3n) is 2.86. The first-order valence-corrected chi connectivity index (χ1v) is 6.57. The third kappa shape index (κ3) is 3.08. The smallest absolute Gasteiger partial charge is 0.152 e. The van der Waals surface area contributed by atoms with Gasteiger partial charge in [0.25, 0.3) is 0 Å². The van der Waals surface area contributed by atoms with Crippen molar-refractivity contribution in [3.8, 4) is 11.5 Å². The summed E-state index contributed by atoms with van der Waals surface area (Å²) in [7, 11) is 0. The minimum atomic E-state index is -0.437. The fraction of sp³-hybridized carbons (Fsp3) is 0.143. The standard InChI is InChI=1S/C14H12Cl2FNO2/c1-7(10-4-8(17)2-3-13(10)19)18-9-5-11(15)14(20)12(16)6-9/h2-7,18-20H,1H3. The average molecular weight is 316 g/mol. The van der Waals surface area contributed by atoms with Gasteiger partial charge in [0.05, 0.1) is 16.1 Å². The fourth-order valence-electron chi connectivity index (χ4n) is 1.85. The van der Waals surface area contributed by atoms with Crippen molar-refractivity contribution in [2.75, 3.05) is 5.32 Å². The van der Waals surface area contributed by atoms with Gasteiger partial charge in [-0.15, -0.1) is 0 Å². The molecule has 0 aromatic heterocycles. The molecule has 3 N–H and O–H groups in total. The summed E-state index contributed by atoms with van der Waals surface area (Å²) < 4.78 is 13.2. The molecule has 0 aliphatic heterocycles. The Hall–Kier alpha value is -1.65. The Kier molecular flexibility index (Phi) is 4.26. The molecular weight excluding hydrogens is 304 g/mol. The summed E-state index contributed by atoms with van der Waals surface area (Å²) >= 11 is 11.6. The number of hydrogen-bond acceptors (Lipinski definition) is 3. The van der Waals surface area contributed by atoms with E-state index in [1.807, 2.05) is 0 Å². The molecule has 2 rings (SSSR count). The first-order valence-electron chi connectivity index (χ1n) is 5.81. The Morgan fingerprint density at radius 1 is 1.10 bits per heavy atom. The zero-order chi connectivity index (χ0) is 14.9. The van der Waals surface area contributed by atoms with E-state index in [1.165, 1.54) is 30.3 Å². The van der Waals surface area contributed by atoms with E-state index in [-0.39, 0.29) is 27.6 Å². The van der Waals surface area contributed by atoms with E-state index < -0.39 is 5.82 Å². The average Bonchev–Trinajstić information content (AvgIpc) is 2.38. The summed E-state index contributed by atoms with van der Waals surface area (Å²) in [5.41, 5.74) is 0.958. The SMILES string of the molecule is CC(Nc1cc(Cl)c(O)c(Cl)c1)c1cc(F)ccc1O. The van der Waals surface area contributed by atoms with Gasteiger partial charge in [-0.1, -0.05) is 23.2 Å². The molecule has 2 aromatic rings. The van der Waals surface area contributed by atoms with Gasteiger partial charge in [-0.3, -0.25) is 0 Å². The number of nitrogens with one attached hydrogen (secondary N) is 1. The first kappa shape index (κ1) is 14.8. The number of aromatic hydroxyl groups is 2. The molecule has 3 nitrogen and oxygen atoms in total. The molecule has 0 spiro atoms. The third-order valence-corrected chi connectivity index (χ3v) is 3.43. The van der Waals surface area contributed by atoms with Gasteiger partial charge < -0.3 is 15.5 Å². The van der Waals surface area contributed by atoms with Crippen LogP contribution in [0.3, 0.4) is 0 Å². The van der Waals surface area contributed by atoms with E-state index >= 15 is 0 Å². The highest BCUT2D eigenvalue weighted by Gasteiger charge is 2.13. The van der Waals surface area contributed by atoms with Gasteiger partial charge in [-0.05, 0) is 37.3 Å². The number of phenolic OH excluding ortho intramolecular Hbond substituents is 2. The van der Waals surface area contributed by atoms with Crippen LogP contribution in [0, 0.1) is 5.82 Å². The largest absolute Gasteiger partial charge is 0.508 e. The highest BCUT2D eigenvalue weighted by Crippen LogP contribution is 2.36. The van der Waals surface area contributed by atoms with Crippen LogP contribution in [0.2, 0.25) is 10.0 Å². The summed E-state index contributed by atoms with van der Waals surface area (Å²) in [6.45, 7) is 1.75. The molecule has 0 saturated carbocycles. The van der Waals surface area contributed by atoms with Crippen LogP contribution in [0.4, 0.5) is 10.1 Å². The number of anilines is 1. The number of hydrogen-bond donors (Lipinski definition) is 3. The van der Waals surface area contributed by atoms with Gasteiger partial charge in [0.1, 0.15) is 11.6 Å². The minimum absolute atomic E-state index is 0.0117. The Bertz CT molecular complexity index is 626. The molecule has 0 aliphatic rings. The van der Waals surface area contributed by atoms with Crippen LogP contribution in [0.5, 0.6) is 11.5 Å². The maximum Gasteiger partial charge on any atom is 0.152 e. The second-order valence-electron chi connectivity index (χ2n) is 4.36. The molecule has 6 heteroatoms. The summed E-state index contributed by atoms with van der Waals surface area (Å²) in [5, 5.41) is 22.5. The quantitative estimate of drug-likeness (QED) is 0.718. The maximum atomic E-state index is 13.2. The van der Waals surface area contributed by atoms with Gasteiger partial charge in [0.15, 0.2) is 5.75 Å². The van der Waals surface area contributed by atoms with E-state index in [0.717, 1.165) is 0 Å². The lowest BCUT2D eigenvalue weighted by Gasteiger charge is -2.17. The van der Waals surface area contributed by atoms with Gasteiger partial charge >= 0.3 is 0 Å². The molecule has 0 radical (unpaired) electrons. The highest BCUT2D eigenvalue weighted by atomic mass is 35.5. The fourth-order valence-corrected chi connectivity index (χ4v) is 2.34. The Balaban J connectivity index is 2.27. The topological polar surface area (TPSA) is 52.5 Å². The molecule has 0 amide bonds. The van der Waals surface area contributed by atoms with Crippen LogP contribution >= 0.6 is 23.2 Å². The Labute approximate surface area is 125 Å². The Morgan fingerprint density at radius 3 is 2.30 bits per heavy atom. The molecule has 0 fully saturated rings. The summed E-state index contributed by atoms with van der Waals surface area (Å²) in [5.74, 6) is -0.643. The van der Waals surface area contributed by atoms with Gasteiger partial charge in [0, 0.05) is 11.3 Å².